The molecule has 0 radical (unpaired) electrons. The van der Waals surface area contributed by atoms with Crippen molar-refractivity contribution in [1.29, 1.82) is 0 Å². The molecule has 174 valence electrons. The first-order valence-corrected chi connectivity index (χ1v) is 11.8. The summed E-state index contributed by atoms with van der Waals surface area (Å²) in [6, 6.07) is 24.0. The lowest BCUT2D eigenvalue weighted by Crippen LogP contribution is -2.31. The molecule has 3 aromatic rings. The molecule has 1 aliphatic heterocycles. The third kappa shape index (κ3) is 5.46. The second kappa shape index (κ2) is 11.0. The summed E-state index contributed by atoms with van der Waals surface area (Å²) < 4.78 is 11.6. The molecule has 6 heteroatoms. The van der Waals surface area contributed by atoms with Gasteiger partial charge in [-0.25, -0.2) is 0 Å². The summed E-state index contributed by atoms with van der Waals surface area (Å²) in [4.78, 5) is 14.4. The van der Waals surface area contributed by atoms with Crippen LogP contribution in [0, 0.1) is 0 Å². The van der Waals surface area contributed by atoms with Crippen molar-refractivity contribution in [2.24, 2.45) is 0 Å². The van der Waals surface area contributed by atoms with Crippen LogP contribution in [0.1, 0.15) is 30.9 Å². The minimum absolute atomic E-state index is 0.0921. The van der Waals surface area contributed by atoms with Crippen molar-refractivity contribution in [1.82, 2.24) is 10.2 Å². The van der Waals surface area contributed by atoms with Gasteiger partial charge in [0.05, 0.1) is 7.11 Å². The summed E-state index contributed by atoms with van der Waals surface area (Å²) in [6.45, 7) is 3.06. The molecular weight excluding hydrogens is 444 g/mol. The molecule has 1 fully saturated rings. The van der Waals surface area contributed by atoms with Gasteiger partial charge in [-0.15, -0.1) is 0 Å². The zero-order valence-electron chi connectivity index (χ0n) is 19.4. The predicted molar refractivity (Wildman–Crippen MR) is 140 cm³/mol. The second-order valence-electron chi connectivity index (χ2n) is 8.05. The van der Waals surface area contributed by atoms with Gasteiger partial charge < -0.3 is 14.8 Å². The minimum Gasteiger partial charge on any atom is -0.496 e. The molecule has 0 unspecified atom stereocenters. The van der Waals surface area contributed by atoms with Crippen LogP contribution < -0.4 is 14.8 Å². The number of carbonyl (C=O) groups excluding carboxylic acids is 1. The molecular formula is C28H28N2O3S. The van der Waals surface area contributed by atoms with Crippen LogP contribution in [0.2, 0.25) is 0 Å². The van der Waals surface area contributed by atoms with Crippen LogP contribution in [-0.4, -0.2) is 29.6 Å². The third-order valence-electron chi connectivity index (χ3n) is 5.67. The number of carbonyl (C=O) groups is 1. The van der Waals surface area contributed by atoms with Gasteiger partial charge in [0.2, 0.25) is 0 Å². The summed E-state index contributed by atoms with van der Waals surface area (Å²) in [5.41, 5.74) is 4.54. The van der Waals surface area contributed by atoms with E-state index in [0.717, 1.165) is 41.0 Å². The van der Waals surface area contributed by atoms with E-state index in [0.29, 0.717) is 24.0 Å². The van der Waals surface area contributed by atoms with Crippen molar-refractivity contribution in [3.05, 3.63) is 89.6 Å². The maximum atomic E-state index is 12.7. The van der Waals surface area contributed by atoms with Gasteiger partial charge >= 0.3 is 0 Å². The van der Waals surface area contributed by atoms with E-state index in [2.05, 4.69) is 24.4 Å². The topological polar surface area (TPSA) is 50.8 Å². The van der Waals surface area contributed by atoms with Gasteiger partial charge in [0, 0.05) is 12.1 Å². The lowest BCUT2D eigenvalue weighted by atomic mass is 10.1. The van der Waals surface area contributed by atoms with E-state index in [1.54, 1.807) is 12.0 Å². The molecule has 0 spiro atoms. The number of hydrogen-bond acceptors (Lipinski definition) is 4. The number of unbranched alkanes of at least 4 members (excludes halogenated alkanes) is 1. The standard InChI is InChI=1S/C28H28N2O3S/c1-3-4-16-30-27(31)25(29-28(30)34)18-20-10-15-26(32-2)23(17-20)19-33-24-13-11-22(12-14-24)21-8-6-5-7-9-21/h5-15,17-18H,3-4,16,19H2,1-2H3,(H,29,34)/b25-18+. The average molecular weight is 473 g/mol. The van der Waals surface area contributed by atoms with E-state index in [1.165, 1.54) is 5.56 Å². The first-order valence-electron chi connectivity index (χ1n) is 11.4. The molecule has 1 N–H and O–H groups in total. The highest BCUT2D eigenvalue weighted by molar-refractivity contribution is 7.80. The zero-order chi connectivity index (χ0) is 23.9. The number of amides is 1. The maximum Gasteiger partial charge on any atom is 0.276 e. The highest BCUT2D eigenvalue weighted by atomic mass is 32.1. The molecule has 0 atom stereocenters. The molecule has 1 aliphatic rings. The molecule has 5 nitrogen and oxygen atoms in total. The lowest BCUT2D eigenvalue weighted by molar-refractivity contribution is -0.122. The first-order chi connectivity index (χ1) is 16.6. The van der Waals surface area contributed by atoms with Crippen molar-refractivity contribution >= 4 is 29.3 Å². The van der Waals surface area contributed by atoms with Crippen molar-refractivity contribution in [2.75, 3.05) is 13.7 Å². The molecule has 34 heavy (non-hydrogen) atoms. The number of ether oxygens (including phenoxy) is 2. The van der Waals surface area contributed by atoms with Gasteiger partial charge in [-0.1, -0.05) is 61.9 Å². The Morgan fingerprint density at radius 1 is 1.00 bits per heavy atom. The Morgan fingerprint density at radius 2 is 1.74 bits per heavy atom. The van der Waals surface area contributed by atoms with Gasteiger partial charge in [-0.3, -0.25) is 9.69 Å². The Bertz CT molecular complexity index is 1190. The molecule has 1 heterocycles. The van der Waals surface area contributed by atoms with Crippen LogP contribution in [0.3, 0.4) is 0 Å². The van der Waals surface area contributed by atoms with Crippen LogP contribution in [0.4, 0.5) is 0 Å². The van der Waals surface area contributed by atoms with E-state index in [9.17, 15) is 4.79 Å². The summed E-state index contributed by atoms with van der Waals surface area (Å²) in [6.07, 6.45) is 3.73. The average Bonchev–Trinajstić information content (AvgIpc) is 3.14. The van der Waals surface area contributed by atoms with Gasteiger partial charge in [0.15, 0.2) is 5.11 Å². The first kappa shape index (κ1) is 23.5. The largest absolute Gasteiger partial charge is 0.496 e. The van der Waals surface area contributed by atoms with E-state index in [-0.39, 0.29) is 5.91 Å². The number of methoxy groups -OCH3 is 1. The Kier molecular flexibility index (Phi) is 7.60. The third-order valence-corrected chi connectivity index (χ3v) is 5.99. The summed E-state index contributed by atoms with van der Waals surface area (Å²) in [5, 5.41) is 3.50. The van der Waals surface area contributed by atoms with Crippen LogP contribution in [0.15, 0.2) is 78.5 Å². The van der Waals surface area contributed by atoms with Crippen LogP contribution in [0.25, 0.3) is 17.2 Å². The Hall–Kier alpha value is -3.64. The van der Waals surface area contributed by atoms with Crippen molar-refractivity contribution in [3.63, 3.8) is 0 Å². The Morgan fingerprint density at radius 3 is 2.44 bits per heavy atom. The number of nitrogens with zero attached hydrogens (tertiary/aromatic N) is 1. The molecule has 4 rings (SSSR count). The number of thiocarbonyl (C=S) groups is 1. The van der Waals surface area contributed by atoms with Gasteiger partial charge in [-0.05, 0) is 65.7 Å². The number of rotatable bonds is 9. The summed E-state index contributed by atoms with van der Waals surface area (Å²) >= 11 is 5.34. The molecule has 0 aromatic heterocycles. The van der Waals surface area contributed by atoms with Crippen LogP contribution in [-0.2, 0) is 11.4 Å². The monoisotopic (exact) mass is 472 g/mol. The number of benzene rings is 3. The molecule has 0 bridgehead atoms. The highest BCUT2D eigenvalue weighted by Crippen LogP contribution is 2.26. The molecule has 3 aromatic carbocycles. The summed E-state index contributed by atoms with van der Waals surface area (Å²) in [7, 11) is 1.64. The fraction of sp³-hybridized carbons (Fsp3) is 0.214. The predicted octanol–water partition coefficient (Wildman–Crippen LogP) is 5.80. The second-order valence-corrected chi connectivity index (χ2v) is 8.44. The van der Waals surface area contributed by atoms with E-state index >= 15 is 0 Å². The van der Waals surface area contributed by atoms with E-state index in [4.69, 9.17) is 21.7 Å². The maximum absolute atomic E-state index is 12.7. The van der Waals surface area contributed by atoms with Crippen molar-refractivity contribution < 1.29 is 14.3 Å². The fourth-order valence-electron chi connectivity index (χ4n) is 3.79. The van der Waals surface area contributed by atoms with Crippen LogP contribution >= 0.6 is 12.2 Å². The molecule has 0 aliphatic carbocycles. The van der Waals surface area contributed by atoms with Crippen LogP contribution in [0.5, 0.6) is 11.5 Å². The Labute approximate surface area is 206 Å². The highest BCUT2D eigenvalue weighted by Gasteiger charge is 2.29. The summed E-state index contributed by atoms with van der Waals surface area (Å²) in [5.74, 6) is 1.41. The quantitative estimate of drug-likeness (QED) is 0.315. The molecule has 0 saturated carbocycles. The number of nitrogens with one attached hydrogen (secondary N) is 1. The Balaban J connectivity index is 1.47. The van der Waals surface area contributed by atoms with Gasteiger partial charge in [0.1, 0.15) is 23.8 Å². The zero-order valence-corrected chi connectivity index (χ0v) is 20.2. The van der Waals surface area contributed by atoms with Gasteiger partial charge in [0.25, 0.3) is 5.91 Å². The molecule has 1 saturated heterocycles. The van der Waals surface area contributed by atoms with E-state index in [1.807, 2.05) is 66.7 Å². The van der Waals surface area contributed by atoms with Gasteiger partial charge in [-0.2, -0.15) is 0 Å². The minimum atomic E-state index is -0.0921. The smallest absolute Gasteiger partial charge is 0.276 e. The molecule has 1 amide bonds. The van der Waals surface area contributed by atoms with Crippen molar-refractivity contribution in [2.45, 2.75) is 26.4 Å². The SMILES string of the molecule is CCCCN1C(=O)/C(=C\c2ccc(OC)c(COc3ccc(-c4ccccc4)cc3)c2)NC1=S. The lowest BCUT2D eigenvalue weighted by Gasteiger charge is -2.12. The van der Waals surface area contributed by atoms with E-state index < -0.39 is 0 Å². The normalized spacial score (nSPS) is 14.4. The van der Waals surface area contributed by atoms with Crippen molar-refractivity contribution in [3.8, 4) is 22.6 Å². The fourth-order valence-corrected chi connectivity index (χ4v) is 4.08. The number of hydrogen-bond donors (Lipinski definition) is 1.